The lowest BCUT2D eigenvalue weighted by Crippen LogP contribution is -1.92. The molecule has 9 aromatic carbocycles. The Hall–Kier alpha value is -6.70. The van der Waals surface area contributed by atoms with Gasteiger partial charge in [0.2, 0.25) is 0 Å². The molecule has 0 aliphatic heterocycles. The molecular weight excluding hydrogens is 663 g/mol. The van der Waals surface area contributed by atoms with E-state index in [1.807, 2.05) is 0 Å². The van der Waals surface area contributed by atoms with Crippen molar-refractivity contribution in [3.05, 3.63) is 193 Å². The van der Waals surface area contributed by atoms with Gasteiger partial charge >= 0.3 is 0 Å². The van der Waals surface area contributed by atoms with E-state index in [-0.39, 0.29) is 0 Å². The van der Waals surface area contributed by atoms with E-state index >= 15 is 0 Å². The molecule has 0 atom stereocenters. The van der Waals surface area contributed by atoms with Gasteiger partial charge in [0.15, 0.2) is 0 Å². The molecule has 10 aromatic rings. The zero-order valence-electron chi connectivity index (χ0n) is 31.5. The van der Waals surface area contributed by atoms with Gasteiger partial charge in [0.25, 0.3) is 0 Å². The Morgan fingerprint density at radius 2 is 0.673 bits per heavy atom. The van der Waals surface area contributed by atoms with Crippen LogP contribution in [-0.4, -0.2) is 4.57 Å². The first kappa shape index (κ1) is 32.9. The molecule has 0 saturated carbocycles. The Kier molecular flexibility index (Phi) is 7.96. The first-order valence-corrected chi connectivity index (χ1v) is 19.4. The zero-order valence-corrected chi connectivity index (χ0v) is 31.5. The van der Waals surface area contributed by atoms with Crippen molar-refractivity contribution in [3.63, 3.8) is 0 Å². The zero-order chi connectivity index (χ0) is 37.0. The average molecular weight is 704 g/mol. The molecule has 1 heterocycles. The van der Waals surface area contributed by atoms with Gasteiger partial charge in [-0.1, -0.05) is 175 Å². The fraction of sp³-hybridized carbons (Fsp3) is 0.0741. The number of hydrogen-bond donors (Lipinski definition) is 0. The van der Waals surface area contributed by atoms with Gasteiger partial charge in [-0.05, 0) is 116 Å². The van der Waals surface area contributed by atoms with Crippen LogP contribution in [0.3, 0.4) is 0 Å². The fourth-order valence-electron chi connectivity index (χ4n) is 8.98. The molecule has 0 spiro atoms. The summed E-state index contributed by atoms with van der Waals surface area (Å²) in [6.45, 7) is 7.52. The number of nitrogens with zero attached hydrogens (tertiary/aromatic N) is 1. The topological polar surface area (TPSA) is 4.93 Å². The Labute approximate surface area is 322 Å². The minimum atomic E-state index is 0.956. The number of rotatable bonds is 6. The molecule has 0 aliphatic rings. The molecule has 0 N–H and O–H groups in total. The van der Waals surface area contributed by atoms with Gasteiger partial charge in [-0.2, -0.15) is 0 Å². The van der Waals surface area contributed by atoms with E-state index in [1.165, 1.54) is 110 Å². The summed E-state index contributed by atoms with van der Waals surface area (Å²) in [6, 6.07) is 67.6. The summed E-state index contributed by atoms with van der Waals surface area (Å²) in [7, 11) is 0. The Morgan fingerprint density at radius 3 is 1.15 bits per heavy atom. The van der Waals surface area contributed by atoms with E-state index in [0.717, 1.165) is 6.54 Å². The molecule has 0 saturated heterocycles. The maximum Gasteiger partial charge on any atom is 0.0491 e. The third kappa shape index (κ3) is 5.63. The molecule has 0 unspecified atom stereocenters. The van der Waals surface area contributed by atoms with Crippen LogP contribution < -0.4 is 0 Å². The largest absolute Gasteiger partial charge is 0.341 e. The summed E-state index contributed by atoms with van der Waals surface area (Å²) in [5, 5.41) is 7.71. The number of hydrogen-bond acceptors (Lipinski definition) is 0. The molecular formula is C54H41N. The summed E-state index contributed by atoms with van der Waals surface area (Å²) < 4.78 is 2.41. The minimum Gasteiger partial charge on any atom is -0.341 e. The summed E-state index contributed by atoms with van der Waals surface area (Å²) >= 11 is 0. The molecule has 262 valence electrons. The summed E-state index contributed by atoms with van der Waals surface area (Å²) in [5.74, 6) is 0. The number of aryl methyl sites for hydroxylation is 3. The molecule has 10 rings (SSSR count). The van der Waals surface area contributed by atoms with Crippen molar-refractivity contribution in [2.24, 2.45) is 0 Å². The van der Waals surface area contributed by atoms with Crippen molar-refractivity contribution in [3.8, 4) is 55.6 Å². The summed E-state index contributed by atoms with van der Waals surface area (Å²) in [6.07, 6.45) is 0. The smallest absolute Gasteiger partial charge is 0.0491 e. The van der Waals surface area contributed by atoms with Gasteiger partial charge in [0, 0.05) is 28.4 Å². The van der Waals surface area contributed by atoms with E-state index < -0.39 is 0 Å². The highest BCUT2D eigenvalue weighted by molar-refractivity contribution is 6.21. The van der Waals surface area contributed by atoms with Crippen LogP contribution in [0.1, 0.15) is 18.1 Å². The van der Waals surface area contributed by atoms with E-state index in [9.17, 15) is 0 Å². The highest BCUT2D eigenvalue weighted by Gasteiger charge is 2.17. The SMILES string of the molecule is CCn1c2ccccc2c2cc(-c3ccc(-c4ccc(-c5c6ccccc6c(-c6ccc(-c7cc(C)cc(C)c7)cc6)c6ccccc56)cc4)cc3)ccc21. The predicted octanol–water partition coefficient (Wildman–Crippen LogP) is 15.1. The lowest BCUT2D eigenvalue weighted by molar-refractivity contribution is 0.827. The van der Waals surface area contributed by atoms with E-state index in [2.05, 4.69) is 207 Å². The molecule has 0 amide bonds. The van der Waals surface area contributed by atoms with Crippen molar-refractivity contribution in [2.75, 3.05) is 0 Å². The van der Waals surface area contributed by atoms with Gasteiger partial charge < -0.3 is 4.57 Å². The van der Waals surface area contributed by atoms with Crippen LogP contribution in [-0.2, 0) is 6.54 Å². The van der Waals surface area contributed by atoms with Crippen LogP contribution in [0.2, 0.25) is 0 Å². The molecule has 0 fully saturated rings. The number of para-hydroxylation sites is 1. The Balaban J connectivity index is 1.00. The Morgan fingerprint density at radius 1 is 0.309 bits per heavy atom. The highest BCUT2D eigenvalue weighted by Crippen LogP contribution is 2.44. The lowest BCUT2D eigenvalue weighted by Gasteiger charge is -2.18. The Bertz CT molecular complexity index is 2970. The standard InChI is InChI=1S/C54H41N/c1-4-55-51-16-10-9-11-45(51)50-34-43(29-30-52(50)55)39-19-17-37(18-20-39)38-21-25-41(26-22-38)53-46-12-5-7-14-48(46)54(49-15-8-6-13-47(49)53)42-27-23-40(24-28-42)44-32-35(2)31-36(3)33-44/h5-34H,4H2,1-3H3. The third-order valence-electron chi connectivity index (χ3n) is 11.5. The second-order valence-electron chi connectivity index (χ2n) is 14.9. The van der Waals surface area contributed by atoms with Crippen LogP contribution in [0, 0.1) is 13.8 Å². The fourth-order valence-corrected chi connectivity index (χ4v) is 8.98. The monoisotopic (exact) mass is 703 g/mol. The van der Waals surface area contributed by atoms with E-state index in [1.54, 1.807) is 0 Å². The highest BCUT2D eigenvalue weighted by atomic mass is 15.0. The van der Waals surface area contributed by atoms with Crippen LogP contribution in [0.25, 0.3) is 99.0 Å². The minimum absolute atomic E-state index is 0.956. The first-order chi connectivity index (χ1) is 27.0. The van der Waals surface area contributed by atoms with Crippen LogP contribution in [0.15, 0.2) is 182 Å². The van der Waals surface area contributed by atoms with Crippen molar-refractivity contribution in [1.29, 1.82) is 0 Å². The maximum atomic E-state index is 2.41. The molecule has 1 nitrogen and oxygen atoms in total. The summed E-state index contributed by atoms with van der Waals surface area (Å²) in [4.78, 5) is 0. The van der Waals surface area contributed by atoms with Gasteiger partial charge in [0.1, 0.15) is 0 Å². The number of fused-ring (bicyclic) bond motifs is 5. The van der Waals surface area contributed by atoms with E-state index in [0.29, 0.717) is 0 Å². The van der Waals surface area contributed by atoms with Crippen molar-refractivity contribution >= 4 is 43.4 Å². The lowest BCUT2D eigenvalue weighted by atomic mass is 9.85. The van der Waals surface area contributed by atoms with Gasteiger partial charge in [-0.15, -0.1) is 0 Å². The molecule has 0 bridgehead atoms. The summed E-state index contributed by atoms with van der Waals surface area (Å²) in [5.41, 5.74) is 17.6. The van der Waals surface area contributed by atoms with Crippen molar-refractivity contribution in [1.82, 2.24) is 4.57 Å². The van der Waals surface area contributed by atoms with Crippen molar-refractivity contribution in [2.45, 2.75) is 27.3 Å². The average Bonchev–Trinajstić information content (AvgIpc) is 3.55. The molecule has 0 radical (unpaired) electrons. The van der Waals surface area contributed by atoms with Gasteiger partial charge in [-0.3, -0.25) is 0 Å². The normalized spacial score (nSPS) is 11.6. The van der Waals surface area contributed by atoms with E-state index in [4.69, 9.17) is 0 Å². The molecule has 55 heavy (non-hydrogen) atoms. The van der Waals surface area contributed by atoms with Gasteiger partial charge in [-0.25, -0.2) is 0 Å². The number of benzene rings is 9. The second kappa shape index (κ2) is 13.3. The third-order valence-corrected chi connectivity index (χ3v) is 11.5. The van der Waals surface area contributed by atoms with Crippen LogP contribution in [0.4, 0.5) is 0 Å². The predicted molar refractivity (Wildman–Crippen MR) is 237 cm³/mol. The maximum absolute atomic E-state index is 2.41. The molecule has 1 heteroatoms. The number of aromatic nitrogens is 1. The van der Waals surface area contributed by atoms with Crippen LogP contribution in [0.5, 0.6) is 0 Å². The molecule has 1 aromatic heterocycles. The second-order valence-corrected chi connectivity index (χ2v) is 14.9. The van der Waals surface area contributed by atoms with Gasteiger partial charge in [0.05, 0.1) is 0 Å². The van der Waals surface area contributed by atoms with Crippen LogP contribution >= 0.6 is 0 Å². The quantitative estimate of drug-likeness (QED) is 0.152. The molecule has 0 aliphatic carbocycles. The van der Waals surface area contributed by atoms with Crippen molar-refractivity contribution < 1.29 is 0 Å². The first-order valence-electron chi connectivity index (χ1n) is 19.4.